The molecule has 1 aromatic heterocycles. The summed E-state index contributed by atoms with van der Waals surface area (Å²) >= 11 is 0. The summed E-state index contributed by atoms with van der Waals surface area (Å²) in [4.78, 5) is 7.24. The second-order valence-corrected chi connectivity index (χ2v) is 7.97. The highest BCUT2D eigenvalue weighted by molar-refractivity contribution is 5.50. The van der Waals surface area contributed by atoms with Gasteiger partial charge in [-0.05, 0) is 16.7 Å². The van der Waals surface area contributed by atoms with Crippen LogP contribution in [-0.2, 0) is 16.8 Å². The van der Waals surface area contributed by atoms with E-state index in [1.165, 1.54) is 16.7 Å². The molecule has 1 aliphatic rings. The molecule has 1 aliphatic heterocycles. The lowest BCUT2D eigenvalue weighted by atomic mass is 9.77. The Labute approximate surface area is 183 Å². The minimum absolute atomic E-state index is 0.500. The van der Waals surface area contributed by atoms with Crippen molar-refractivity contribution in [1.29, 1.82) is 0 Å². The molecule has 5 rings (SSSR count). The molecule has 3 aromatic carbocycles. The summed E-state index contributed by atoms with van der Waals surface area (Å²) in [5.74, 6) is 0. The van der Waals surface area contributed by atoms with Crippen molar-refractivity contribution in [2.24, 2.45) is 0 Å². The first-order valence-corrected chi connectivity index (χ1v) is 10.9. The predicted molar refractivity (Wildman–Crippen MR) is 123 cm³/mol. The molecule has 1 saturated heterocycles. The van der Waals surface area contributed by atoms with Gasteiger partial charge in [0.15, 0.2) is 0 Å². The lowest BCUT2D eigenvalue weighted by Crippen LogP contribution is -2.37. The number of imidazole rings is 1. The summed E-state index contributed by atoms with van der Waals surface area (Å²) in [6, 6.07) is 32.1. The van der Waals surface area contributed by atoms with Crippen molar-refractivity contribution in [2.45, 2.75) is 12.1 Å². The lowest BCUT2D eigenvalue weighted by Gasteiger charge is -2.37. The Hall–Kier alpha value is -3.21. The molecule has 31 heavy (non-hydrogen) atoms. The van der Waals surface area contributed by atoms with Crippen LogP contribution in [0.1, 0.15) is 22.4 Å². The third-order valence-corrected chi connectivity index (χ3v) is 6.09. The number of hydrogen-bond acceptors (Lipinski definition) is 3. The lowest BCUT2D eigenvalue weighted by molar-refractivity contribution is 0.0337. The fraction of sp³-hybridized carbons (Fsp3) is 0.222. The minimum Gasteiger partial charge on any atom is -0.379 e. The molecule has 1 fully saturated rings. The molecule has 0 unspecified atom stereocenters. The first-order valence-electron chi connectivity index (χ1n) is 10.9. The van der Waals surface area contributed by atoms with E-state index in [1.807, 2.05) is 6.33 Å². The number of nitrogens with zero attached hydrogens (tertiary/aromatic N) is 3. The zero-order valence-electron chi connectivity index (χ0n) is 17.6. The van der Waals surface area contributed by atoms with E-state index in [0.717, 1.165) is 38.5 Å². The summed E-state index contributed by atoms with van der Waals surface area (Å²) in [6.07, 6.45) is 4.20. The number of morpholine rings is 1. The van der Waals surface area contributed by atoms with Crippen molar-refractivity contribution in [1.82, 2.24) is 14.5 Å². The van der Waals surface area contributed by atoms with Crippen molar-refractivity contribution >= 4 is 0 Å². The van der Waals surface area contributed by atoms with Gasteiger partial charge in [-0.2, -0.15) is 0 Å². The molecule has 0 atom stereocenters. The van der Waals surface area contributed by atoms with Gasteiger partial charge in [0.25, 0.3) is 0 Å². The normalized spacial score (nSPS) is 15.1. The molecule has 0 spiro atoms. The minimum atomic E-state index is -0.500. The van der Waals surface area contributed by atoms with Crippen molar-refractivity contribution in [3.63, 3.8) is 0 Å². The molecule has 4 aromatic rings. The molecule has 0 saturated carbocycles. The van der Waals surface area contributed by atoms with Crippen LogP contribution in [0.4, 0.5) is 0 Å². The third-order valence-electron chi connectivity index (χ3n) is 6.09. The van der Waals surface area contributed by atoms with E-state index in [0.29, 0.717) is 0 Å². The number of hydrogen-bond donors (Lipinski definition) is 0. The second-order valence-electron chi connectivity index (χ2n) is 7.97. The molecule has 0 N–H and O–H groups in total. The topological polar surface area (TPSA) is 30.3 Å². The molecule has 0 radical (unpaired) electrons. The van der Waals surface area contributed by atoms with Crippen LogP contribution in [0, 0.1) is 0 Å². The fourth-order valence-electron chi connectivity index (χ4n) is 4.60. The van der Waals surface area contributed by atoms with E-state index in [4.69, 9.17) is 9.72 Å². The fourth-order valence-corrected chi connectivity index (χ4v) is 4.60. The Kier molecular flexibility index (Phi) is 5.65. The van der Waals surface area contributed by atoms with E-state index in [-0.39, 0.29) is 0 Å². The van der Waals surface area contributed by atoms with Gasteiger partial charge in [-0.15, -0.1) is 0 Å². The van der Waals surface area contributed by atoms with Crippen molar-refractivity contribution < 1.29 is 4.74 Å². The van der Waals surface area contributed by atoms with Crippen molar-refractivity contribution in [3.05, 3.63) is 126 Å². The SMILES string of the molecule is c1ccc(C(c2ccccc2)(c2ccccc2)n2cnc(CN3CCOCC3)c2)cc1. The Morgan fingerprint density at radius 2 is 1.19 bits per heavy atom. The van der Waals surface area contributed by atoms with Crippen LogP contribution in [0.25, 0.3) is 0 Å². The number of benzene rings is 3. The first kappa shape index (κ1) is 19.7. The maximum absolute atomic E-state index is 5.50. The Bertz CT molecular complexity index is 990. The highest BCUT2D eigenvalue weighted by atomic mass is 16.5. The molecule has 0 amide bonds. The second kappa shape index (κ2) is 8.88. The molecular formula is C27H27N3O. The van der Waals surface area contributed by atoms with Gasteiger partial charge >= 0.3 is 0 Å². The van der Waals surface area contributed by atoms with Gasteiger partial charge in [0.2, 0.25) is 0 Å². The summed E-state index contributed by atoms with van der Waals surface area (Å²) in [5.41, 5.74) is 4.21. The quantitative estimate of drug-likeness (QED) is 0.438. The molecule has 4 heteroatoms. The standard InChI is InChI=1S/C27H27N3O/c1-4-10-23(11-5-1)27(24-12-6-2-7-13-24,25-14-8-3-9-15-25)30-21-26(28-22-30)20-29-16-18-31-19-17-29/h1-15,21-22H,16-20H2. The summed E-state index contributed by atoms with van der Waals surface area (Å²) in [6.45, 7) is 4.33. The Balaban J connectivity index is 1.67. The molecule has 4 nitrogen and oxygen atoms in total. The van der Waals surface area contributed by atoms with Gasteiger partial charge in [-0.25, -0.2) is 4.98 Å². The van der Waals surface area contributed by atoms with Gasteiger partial charge in [0.1, 0.15) is 5.54 Å². The number of ether oxygens (including phenoxy) is 1. The van der Waals surface area contributed by atoms with Gasteiger partial charge in [0, 0.05) is 25.8 Å². The maximum Gasteiger partial charge on any atom is 0.121 e. The van der Waals surface area contributed by atoms with E-state index >= 15 is 0 Å². The summed E-state index contributed by atoms with van der Waals surface area (Å²) in [5, 5.41) is 0. The molecule has 0 bridgehead atoms. The van der Waals surface area contributed by atoms with E-state index < -0.39 is 5.54 Å². The van der Waals surface area contributed by atoms with Gasteiger partial charge < -0.3 is 9.30 Å². The molecular weight excluding hydrogens is 382 g/mol. The van der Waals surface area contributed by atoms with Crippen LogP contribution in [0.2, 0.25) is 0 Å². The molecule has 2 heterocycles. The van der Waals surface area contributed by atoms with Crippen LogP contribution in [0.3, 0.4) is 0 Å². The monoisotopic (exact) mass is 409 g/mol. The van der Waals surface area contributed by atoms with Gasteiger partial charge in [-0.1, -0.05) is 91.0 Å². The van der Waals surface area contributed by atoms with E-state index in [2.05, 4.69) is 107 Å². The highest BCUT2D eigenvalue weighted by Crippen LogP contribution is 2.40. The van der Waals surface area contributed by atoms with Crippen LogP contribution >= 0.6 is 0 Å². The van der Waals surface area contributed by atoms with Crippen molar-refractivity contribution in [2.75, 3.05) is 26.3 Å². The first-order chi connectivity index (χ1) is 15.4. The number of rotatable bonds is 6. The zero-order valence-corrected chi connectivity index (χ0v) is 17.6. The maximum atomic E-state index is 5.50. The van der Waals surface area contributed by atoms with E-state index in [1.54, 1.807) is 0 Å². The van der Waals surface area contributed by atoms with Crippen LogP contribution in [0.5, 0.6) is 0 Å². The Morgan fingerprint density at radius 3 is 1.68 bits per heavy atom. The third kappa shape index (κ3) is 3.80. The van der Waals surface area contributed by atoms with Gasteiger partial charge in [-0.3, -0.25) is 4.90 Å². The van der Waals surface area contributed by atoms with Crippen LogP contribution in [0.15, 0.2) is 104 Å². The number of aromatic nitrogens is 2. The average Bonchev–Trinajstić information content (AvgIpc) is 3.31. The average molecular weight is 410 g/mol. The zero-order chi connectivity index (χ0) is 20.9. The van der Waals surface area contributed by atoms with Gasteiger partial charge in [0.05, 0.1) is 25.2 Å². The smallest absolute Gasteiger partial charge is 0.121 e. The van der Waals surface area contributed by atoms with Crippen LogP contribution < -0.4 is 0 Å². The summed E-state index contributed by atoms with van der Waals surface area (Å²) < 4.78 is 7.78. The predicted octanol–water partition coefficient (Wildman–Crippen LogP) is 4.56. The Morgan fingerprint density at radius 1 is 0.710 bits per heavy atom. The van der Waals surface area contributed by atoms with Crippen molar-refractivity contribution in [3.8, 4) is 0 Å². The largest absolute Gasteiger partial charge is 0.379 e. The molecule has 0 aliphatic carbocycles. The van der Waals surface area contributed by atoms with Crippen LogP contribution in [-0.4, -0.2) is 40.8 Å². The highest BCUT2D eigenvalue weighted by Gasteiger charge is 2.38. The molecule has 156 valence electrons. The summed E-state index contributed by atoms with van der Waals surface area (Å²) in [7, 11) is 0. The van der Waals surface area contributed by atoms with E-state index in [9.17, 15) is 0 Å².